The van der Waals surface area contributed by atoms with Crippen molar-refractivity contribution < 1.29 is 19.1 Å². The number of likely N-dealkylation sites (N-methyl/N-ethyl adjacent to an activating group) is 1. The number of carbonyl (C=O) groups excluding carboxylic acids is 3. The SMILES string of the molecule is COc1ccc(N2CCN(C(=O)CN3C(=O)CN(C)C3=O)CC2)cc1. The number of anilines is 1. The predicted octanol–water partition coefficient (Wildman–Crippen LogP) is 0.238. The van der Waals surface area contributed by atoms with Gasteiger partial charge in [0.2, 0.25) is 5.91 Å². The first-order chi connectivity index (χ1) is 12.0. The van der Waals surface area contributed by atoms with E-state index in [0.717, 1.165) is 16.3 Å². The van der Waals surface area contributed by atoms with Crippen LogP contribution in [-0.4, -0.2) is 86.0 Å². The van der Waals surface area contributed by atoms with E-state index in [2.05, 4.69) is 4.90 Å². The minimum atomic E-state index is -0.407. The minimum Gasteiger partial charge on any atom is -0.497 e. The van der Waals surface area contributed by atoms with Gasteiger partial charge in [-0.2, -0.15) is 0 Å². The Morgan fingerprint density at radius 3 is 2.24 bits per heavy atom. The third-order valence-electron chi connectivity index (χ3n) is 4.59. The number of nitrogens with zero attached hydrogens (tertiary/aromatic N) is 4. The van der Waals surface area contributed by atoms with Gasteiger partial charge in [0.25, 0.3) is 5.91 Å². The molecule has 0 bridgehead atoms. The molecule has 0 radical (unpaired) electrons. The van der Waals surface area contributed by atoms with Gasteiger partial charge in [-0.05, 0) is 24.3 Å². The second kappa shape index (κ2) is 7.00. The number of carbonyl (C=O) groups is 3. The second-order valence-corrected chi connectivity index (χ2v) is 6.18. The molecular formula is C17H22N4O4. The number of hydrogen-bond donors (Lipinski definition) is 0. The first-order valence-electron chi connectivity index (χ1n) is 8.22. The lowest BCUT2D eigenvalue weighted by Gasteiger charge is -2.36. The van der Waals surface area contributed by atoms with Gasteiger partial charge in [0, 0.05) is 38.9 Å². The molecule has 0 atom stereocenters. The molecule has 0 unspecified atom stereocenters. The highest BCUT2D eigenvalue weighted by Gasteiger charge is 2.36. The monoisotopic (exact) mass is 346 g/mol. The van der Waals surface area contributed by atoms with Crippen LogP contribution in [0.5, 0.6) is 5.75 Å². The third-order valence-corrected chi connectivity index (χ3v) is 4.59. The summed E-state index contributed by atoms with van der Waals surface area (Å²) in [5.74, 6) is 0.298. The Bertz CT molecular complexity index is 668. The third kappa shape index (κ3) is 3.52. The van der Waals surface area contributed by atoms with Crippen LogP contribution in [0.4, 0.5) is 10.5 Å². The Kier molecular flexibility index (Phi) is 4.78. The number of ether oxygens (including phenoxy) is 1. The number of benzene rings is 1. The van der Waals surface area contributed by atoms with Crippen LogP contribution in [0.1, 0.15) is 0 Å². The highest BCUT2D eigenvalue weighted by atomic mass is 16.5. The zero-order valence-electron chi connectivity index (χ0n) is 14.5. The maximum atomic E-state index is 12.4. The molecular weight excluding hydrogens is 324 g/mol. The van der Waals surface area contributed by atoms with E-state index in [9.17, 15) is 14.4 Å². The van der Waals surface area contributed by atoms with Gasteiger partial charge in [-0.15, -0.1) is 0 Å². The van der Waals surface area contributed by atoms with Crippen LogP contribution < -0.4 is 9.64 Å². The fourth-order valence-electron chi connectivity index (χ4n) is 3.07. The quantitative estimate of drug-likeness (QED) is 0.730. The van der Waals surface area contributed by atoms with Gasteiger partial charge in [-0.3, -0.25) is 14.5 Å². The van der Waals surface area contributed by atoms with Crippen LogP contribution >= 0.6 is 0 Å². The van der Waals surface area contributed by atoms with Crippen molar-refractivity contribution in [3.8, 4) is 5.75 Å². The van der Waals surface area contributed by atoms with Crippen LogP contribution in [-0.2, 0) is 9.59 Å². The van der Waals surface area contributed by atoms with Gasteiger partial charge >= 0.3 is 6.03 Å². The standard InChI is InChI=1S/C17H22N4O4/c1-18-11-16(23)21(17(18)24)12-15(22)20-9-7-19(8-10-20)13-3-5-14(25-2)6-4-13/h3-6H,7-12H2,1-2H3. The highest BCUT2D eigenvalue weighted by molar-refractivity contribution is 6.04. The maximum absolute atomic E-state index is 12.4. The van der Waals surface area contributed by atoms with Gasteiger partial charge < -0.3 is 19.4 Å². The average molecular weight is 346 g/mol. The average Bonchev–Trinajstić information content (AvgIpc) is 2.88. The summed E-state index contributed by atoms with van der Waals surface area (Å²) in [5.41, 5.74) is 1.08. The lowest BCUT2D eigenvalue weighted by molar-refractivity contribution is -0.136. The molecule has 2 aliphatic heterocycles. The first kappa shape index (κ1) is 17.1. The Labute approximate surface area is 146 Å². The van der Waals surface area contributed by atoms with Crippen molar-refractivity contribution in [2.24, 2.45) is 0 Å². The van der Waals surface area contributed by atoms with Crippen LogP contribution in [0.3, 0.4) is 0 Å². The fourth-order valence-corrected chi connectivity index (χ4v) is 3.07. The predicted molar refractivity (Wildman–Crippen MR) is 91.5 cm³/mol. The van der Waals surface area contributed by atoms with Gasteiger partial charge in [0.05, 0.1) is 7.11 Å². The van der Waals surface area contributed by atoms with Crippen molar-refractivity contribution in [3.05, 3.63) is 24.3 Å². The summed E-state index contributed by atoms with van der Waals surface area (Å²) in [4.78, 5) is 42.3. The van der Waals surface area contributed by atoms with E-state index >= 15 is 0 Å². The highest BCUT2D eigenvalue weighted by Crippen LogP contribution is 2.20. The molecule has 134 valence electrons. The summed E-state index contributed by atoms with van der Waals surface area (Å²) in [5, 5.41) is 0. The zero-order chi connectivity index (χ0) is 18.0. The van der Waals surface area contributed by atoms with Crippen molar-refractivity contribution >= 4 is 23.5 Å². The number of amides is 4. The minimum absolute atomic E-state index is 0.0390. The van der Waals surface area contributed by atoms with Crippen molar-refractivity contribution in [1.82, 2.24) is 14.7 Å². The molecule has 8 nitrogen and oxygen atoms in total. The molecule has 0 aliphatic carbocycles. The van der Waals surface area contributed by atoms with Crippen LogP contribution in [0.25, 0.3) is 0 Å². The number of piperazine rings is 1. The smallest absolute Gasteiger partial charge is 0.327 e. The molecule has 0 saturated carbocycles. The van der Waals surface area contributed by atoms with Crippen LogP contribution in [0.15, 0.2) is 24.3 Å². The number of methoxy groups -OCH3 is 1. The Morgan fingerprint density at radius 2 is 1.72 bits per heavy atom. The molecule has 2 heterocycles. The van der Waals surface area contributed by atoms with E-state index in [1.807, 2.05) is 24.3 Å². The molecule has 0 aromatic heterocycles. The summed E-state index contributed by atoms with van der Waals surface area (Å²) < 4.78 is 5.16. The second-order valence-electron chi connectivity index (χ2n) is 6.18. The molecule has 4 amide bonds. The van der Waals surface area contributed by atoms with Crippen molar-refractivity contribution in [1.29, 1.82) is 0 Å². The van der Waals surface area contributed by atoms with E-state index in [0.29, 0.717) is 26.2 Å². The Balaban J connectivity index is 1.54. The molecule has 2 fully saturated rings. The maximum Gasteiger partial charge on any atom is 0.327 e. The molecule has 3 rings (SSSR count). The normalized spacial score (nSPS) is 18.2. The number of rotatable bonds is 4. The number of urea groups is 1. The molecule has 2 aliphatic rings. The van der Waals surface area contributed by atoms with E-state index in [4.69, 9.17) is 4.74 Å². The van der Waals surface area contributed by atoms with Gasteiger partial charge in [0.1, 0.15) is 18.8 Å². The molecule has 1 aromatic rings. The molecule has 8 heteroatoms. The van der Waals surface area contributed by atoms with Crippen molar-refractivity contribution in [3.63, 3.8) is 0 Å². The van der Waals surface area contributed by atoms with Gasteiger partial charge in [-0.1, -0.05) is 0 Å². The molecule has 0 spiro atoms. The Morgan fingerprint density at radius 1 is 1.08 bits per heavy atom. The van der Waals surface area contributed by atoms with Crippen LogP contribution in [0, 0.1) is 0 Å². The summed E-state index contributed by atoms with van der Waals surface area (Å²) in [6.07, 6.45) is 0. The van der Waals surface area contributed by atoms with Crippen LogP contribution in [0.2, 0.25) is 0 Å². The fraction of sp³-hybridized carbons (Fsp3) is 0.471. The Hall–Kier alpha value is -2.77. The number of imide groups is 1. The topological polar surface area (TPSA) is 73.4 Å². The summed E-state index contributed by atoms with van der Waals surface area (Å²) in [7, 11) is 3.19. The van der Waals surface area contributed by atoms with E-state index in [-0.39, 0.29) is 24.9 Å². The summed E-state index contributed by atoms with van der Waals surface area (Å²) in [6, 6.07) is 7.40. The largest absolute Gasteiger partial charge is 0.497 e. The molecule has 25 heavy (non-hydrogen) atoms. The van der Waals surface area contributed by atoms with Crippen molar-refractivity contribution in [2.75, 3.05) is 58.3 Å². The van der Waals surface area contributed by atoms with E-state index in [1.54, 1.807) is 19.1 Å². The first-order valence-corrected chi connectivity index (χ1v) is 8.22. The molecule has 2 saturated heterocycles. The van der Waals surface area contributed by atoms with Gasteiger partial charge in [-0.25, -0.2) is 4.79 Å². The van der Waals surface area contributed by atoms with E-state index < -0.39 is 6.03 Å². The lowest BCUT2D eigenvalue weighted by Crippen LogP contribution is -2.52. The summed E-state index contributed by atoms with van der Waals surface area (Å²) in [6.45, 7) is 2.41. The lowest BCUT2D eigenvalue weighted by atomic mass is 10.2. The van der Waals surface area contributed by atoms with E-state index in [1.165, 1.54) is 4.90 Å². The summed E-state index contributed by atoms with van der Waals surface area (Å²) >= 11 is 0. The van der Waals surface area contributed by atoms with Gasteiger partial charge in [0.15, 0.2) is 0 Å². The van der Waals surface area contributed by atoms with Crippen molar-refractivity contribution in [2.45, 2.75) is 0 Å². The zero-order valence-corrected chi connectivity index (χ0v) is 14.5. The molecule has 1 aromatic carbocycles. The molecule has 0 N–H and O–H groups in total. The number of hydrogen-bond acceptors (Lipinski definition) is 5.